The number of hydrogen-bond donors (Lipinski definition) is 0. The Morgan fingerprint density at radius 2 is 1.79 bits per heavy atom. The van der Waals surface area contributed by atoms with Gasteiger partial charge >= 0.3 is 0 Å². The standard InChI is InChI=1S/C20H26F2N6O/c1-26(19-2-5-24-20(25-19)28-8-10-29-11-9-28)15-3-6-27(7-4-15)14-16-17(21)12-23-13-18(16)22/h2,5,12-13,15H,3-4,6-11,14H2,1H3. The number of piperidine rings is 1. The molecule has 0 saturated carbocycles. The van der Waals surface area contributed by atoms with Crippen LogP contribution in [-0.4, -0.2) is 72.3 Å². The maximum Gasteiger partial charge on any atom is 0.227 e. The van der Waals surface area contributed by atoms with Crippen molar-refractivity contribution in [2.75, 3.05) is 56.2 Å². The monoisotopic (exact) mass is 404 g/mol. The number of anilines is 2. The van der Waals surface area contributed by atoms with E-state index in [0.29, 0.717) is 19.3 Å². The minimum Gasteiger partial charge on any atom is -0.378 e. The Hall–Kier alpha value is -2.39. The fourth-order valence-electron chi connectivity index (χ4n) is 3.92. The number of halogens is 2. The van der Waals surface area contributed by atoms with E-state index in [9.17, 15) is 8.78 Å². The zero-order valence-corrected chi connectivity index (χ0v) is 16.6. The molecule has 2 aromatic heterocycles. The van der Waals surface area contributed by atoms with Gasteiger partial charge in [0, 0.05) is 57.6 Å². The number of hydrogen-bond acceptors (Lipinski definition) is 7. The van der Waals surface area contributed by atoms with Gasteiger partial charge in [0.2, 0.25) is 5.95 Å². The Morgan fingerprint density at radius 3 is 2.48 bits per heavy atom. The van der Waals surface area contributed by atoms with Gasteiger partial charge in [-0.25, -0.2) is 13.8 Å². The molecule has 0 aromatic carbocycles. The molecule has 4 heterocycles. The minimum absolute atomic E-state index is 0.0951. The average Bonchev–Trinajstić information content (AvgIpc) is 2.77. The highest BCUT2D eigenvalue weighted by Crippen LogP contribution is 2.24. The van der Waals surface area contributed by atoms with Gasteiger partial charge in [-0.2, -0.15) is 4.98 Å². The molecule has 0 bridgehead atoms. The Bertz CT molecular complexity index is 804. The van der Waals surface area contributed by atoms with Crippen molar-refractivity contribution in [1.82, 2.24) is 19.9 Å². The summed E-state index contributed by atoms with van der Waals surface area (Å²) in [6.45, 7) is 4.81. The van der Waals surface area contributed by atoms with E-state index in [1.807, 2.05) is 13.1 Å². The average molecular weight is 404 g/mol. The molecule has 0 atom stereocenters. The predicted octanol–water partition coefficient (Wildman–Crippen LogP) is 2.09. The second kappa shape index (κ2) is 8.96. The number of rotatable bonds is 5. The molecular weight excluding hydrogens is 378 g/mol. The van der Waals surface area contributed by atoms with Gasteiger partial charge in [0.15, 0.2) is 0 Å². The van der Waals surface area contributed by atoms with Crippen molar-refractivity contribution < 1.29 is 13.5 Å². The summed E-state index contributed by atoms with van der Waals surface area (Å²) in [7, 11) is 2.05. The van der Waals surface area contributed by atoms with E-state index in [-0.39, 0.29) is 12.1 Å². The molecule has 9 heteroatoms. The smallest absolute Gasteiger partial charge is 0.227 e. The lowest BCUT2D eigenvalue weighted by molar-refractivity contribution is 0.122. The third-order valence-electron chi connectivity index (χ3n) is 5.72. The summed E-state index contributed by atoms with van der Waals surface area (Å²) >= 11 is 0. The van der Waals surface area contributed by atoms with Crippen LogP contribution in [-0.2, 0) is 11.3 Å². The summed E-state index contributed by atoms with van der Waals surface area (Å²) in [6.07, 6.45) is 5.75. The molecule has 0 N–H and O–H groups in total. The van der Waals surface area contributed by atoms with Crippen LogP contribution < -0.4 is 9.80 Å². The van der Waals surface area contributed by atoms with Crippen molar-refractivity contribution in [1.29, 1.82) is 0 Å². The van der Waals surface area contributed by atoms with Gasteiger partial charge in [-0.05, 0) is 18.9 Å². The number of likely N-dealkylation sites (tertiary alicyclic amines) is 1. The fourth-order valence-corrected chi connectivity index (χ4v) is 3.92. The molecule has 2 saturated heterocycles. The molecule has 156 valence electrons. The van der Waals surface area contributed by atoms with Gasteiger partial charge in [0.25, 0.3) is 0 Å². The minimum atomic E-state index is -0.583. The van der Waals surface area contributed by atoms with Crippen LogP contribution in [0.1, 0.15) is 18.4 Å². The second-order valence-electron chi connectivity index (χ2n) is 7.51. The van der Waals surface area contributed by atoms with Gasteiger partial charge < -0.3 is 14.5 Å². The molecule has 0 spiro atoms. The van der Waals surface area contributed by atoms with E-state index < -0.39 is 11.6 Å². The molecule has 2 aliphatic heterocycles. The maximum absolute atomic E-state index is 13.9. The Balaban J connectivity index is 1.36. The lowest BCUT2D eigenvalue weighted by atomic mass is 10.0. The van der Waals surface area contributed by atoms with Crippen molar-refractivity contribution in [2.45, 2.75) is 25.4 Å². The largest absolute Gasteiger partial charge is 0.378 e. The third kappa shape index (κ3) is 4.62. The van der Waals surface area contributed by atoms with E-state index in [4.69, 9.17) is 9.72 Å². The van der Waals surface area contributed by atoms with Crippen LogP contribution in [0.25, 0.3) is 0 Å². The van der Waals surface area contributed by atoms with Crippen molar-refractivity contribution in [3.8, 4) is 0 Å². The second-order valence-corrected chi connectivity index (χ2v) is 7.51. The first-order valence-corrected chi connectivity index (χ1v) is 10.0. The van der Waals surface area contributed by atoms with Crippen molar-refractivity contribution in [2.24, 2.45) is 0 Å². The summed E-state index contributed by atoms with van der Waals surface area (Å²) in [5.41, 5.74) is 0.0951. The van der Waals surface area contributed by atoms with Crippen molar-refractivity contribution in [3.05, 3.63) is 41.9 Å². The van der Waals surface area contributed by atoms with E-state index >= 15 is 0 Å². The molecule has 4 rings (SSSR count). The zero-order valence-electron chi connectivity index (χ0n) is 16.6. The summed E-state index contributed by atoms with van der Waals surface area (Å²) in [5, 5.41) is 0. The Morgan fingerprint density at radius 1 is 1.10 bits per heavy atom. The molecule has 0 unspecified atom stereocenters. The molecule has 0 radical (unpaired) electrons. The van der Waals surface area contributed by atoms with Crippen LogP contribution in [0.3, 0.4) is 0 Å². The molecule has 0 aliphatic carbocycles. The predicted molar refractivity (Wildman–Crippen MR) is 106 cm³/mol. The first-order chi connectivity index (χ1) is 14.1. The summed E-state index contributed by atoms with van der Waals surface area (Å²) in [6, 6.07) is 2.25. The Labute approximate surface area is 169 Å². The van der Waals surface area contributed by atoms with Crippen LogP contribution in [0.2, 0.25) is 0 Å². The van der Waals surface area contributed by atoms with Gasteiger partial charge in [0.1, 0.15) is 17.5 Å². The first-order valence-electron chi connectivity index (χ1n) is 10.0. The molecule has 2 aliphatic rings. The molecule has 2 aromatic rings. The SMILES string of the molecule is CN(c1ccnc(N2CCOCC2)n1)C1CCN(Cc2c(F)cncc2F)CC1. The van der Waals surface area contributed by atoms with Crippen LogP contribution in [0.15, 0.2) is 24.7 Å². The highest BCUT2D eigenvalue weighted by Gasteiger charge is 2.25. The number of aromatic nitrogens is 3. The van der Waals surface area contributed by atoms with Crippen LogP contribution in [0.4, 0.5) is 20.5 Å². The van der Waals surface area contributed by atoms with E-state index in [1.165, 1.54) is 0 Å². The van der Waals surface area contributed by atoms with Gasteiger partial charge in [0.05, 0.1) is 25.6 Å². The van der Waals surface area contributed by atoms with Gasteiger partial charge in [-0.15, -0.1) is 0 Å². The highest BCUT2D eigenvalue weighted by molar-refractivity contribution is 5.44. The molecule has 0 amide bonds. The van der Waals surface area contributed by atoms with Crippen LogP contribution in [0, 0.1) is 11.6 Å². The van der Waals surface area contributed by atoms with E-state index in [2.05, 4.69) is 24.7 Å². The summed E-state index contributed by atoms with van der Waals surface area (Å²) in [5.74, 6) is 0.464. The Kier molecular flexibility index (Phi) is 6.15. The van der Waals surface area contributed by atoms with Crippen LogP contribution >= 0.6 is 0 Å². The first kappa shape index (κ1) is 19.9. The van der Waals surface area contributed by atoms with Crippen LogP contribution in [0.5, 0.6) is 0 Å². The quantitative estimate of drug-likeness (QED) is 0.756. The van der Waals surface area contributed by atoms with Crippen molar-refractivity contribution >= 4 is 11.8 Å². The number of morpholine rings is 1. The summed E-state index contributed by atoms with van der Waals surface area (Å²) < 4.78 is 33.1. The van der Waals surface area contributed by atoms with E-state index in [0.717, 1.165) is 63.2 Å². The van der Waals surface area contributed by atoms with Crippen molar-refractivity contribution in [3.63, 3.8) is 0 Å². The lowest BCUT2D eigenvalue weighted by Crippen LogP contribution is -2.44. The zero-order chi connectivity index (χ0) is 20.2. The maximum atomic E-state index is 13.9. The van der Waals surface area contributed by atoms with Gasteiger partial charge in [-0.1, -0.05) is 0 Å². The molecule has 29 heavy (non-hydrogen) atoms. The normalized spacial score (nSPS) is 18.8. The molecule has 2 fully saturated rings. The molecular formula is C20H26F2N6O. The third-order valence-corrected chi connectivity index (χ3v) is 5.72. The molecule has 7 nitrogen and oxygen atoms in total. The lowest BCUT2D eigenvalue weighted by Gasteiger charge is -2.37. The van der Waals surface area contributed by atoms with E-state index in [1.54, 1.807) is 6.20 Å². The number of ether oxygens (including phenoxy) is 1. The summed E-state index contributed by atoms with van der Waals surface area (Å²) in [4.78, 5) is 19.1. The van der Waals surface area contributed by atoms with Gasteiger partial charge in [-0.3, -0.25) is 9.88 Å². The fraction of sp³-hybridized carbons (Fsp3) is 0.550. The topological polar surface area (TPSA) is 57.6 Å². The highest BCUT2D eigenvalue weighted by atomic mass is 19.1. The number of nitrogens with zero attached hydrogens (tertiary/aromatic N) is 6. The number of pyridine rings is 1.